The number of amides is 1. The van der Waals surface area contributed by atoms with Gasteiger partial charge in [0, 0.05) is 16.5 Å². The molecule has 0 atom stereocenters. The molecular formula is C19H15F3N2O3S. The van der Waals surface area contributed by atoms with Crippen LogP contribution in [0.3, 0.4) is 0 Å². The Labute approximate surface area is 162 Å². The summed E-state index contributed by atoms with van der Waals surface area (Å²) in [6.07, 6.45) is -4.45. The van der Waals surface area contributed by atoms with Crippen LogP contribution in [0, 0.1) is 0 Å². The van der Waals surface area contributed by atoms with E-state index in [-0.39, 0.29) is 5.56 Å². The monoisotopic (exact) mass is 408 g/mol. The van der Waals surface area contributed by atoms with Gasteiger partial charge in [-0.1, -0.05) is 0 Å². The van der Waals surface area contributed by atoms with E-state index in [4.69, 9.17) is 9.47 Å². The first kappa shape index (κ1) is 19.7. The Balaban J connectivity index is 1.79. The van der Waals surface area contributed by atoms with Gasteiger partial charge in [-0.3, -0.25) is 10.1 Å². The predicted molar refractivity (Wildman–Crippen MR) is 100 cm³/mol. The average molecular weight is 408 g/mol. The van der Waals surface area contributed by atoms with Crippen molar-refractivity contribution in [1.29, 1.82) is 0 Å². The Morgan fingerprint density at radius 3 is 2.39 bits per heavy atom. The summed E-state index contributed by atoms with van der Waals surface area (Å²) in [6, 6.07) is 9.23. The van der Waals surface area contributed by atoms with Crippen molar-refractivity contribution in [1.82, 2.24) is 4.98 Å². The first-order valence-corrected chi connectivity index (χ1v) is 8.86. The van der Waals surface area contributed by atoms with Crippen molar-refractivity contribution in [3.8, 4) is 22.8 Å². The van der Waals surface area contributed by atoms with Crippen LogP contribution in [0.2, 0.25) is 0 Å². The molecule has 0 spiro atoms. The van der Waals surface area contributed by atoms with E-state index in [0.717, 1.165) is 24.3 Å². The van der Waals surface area contributed by atoms with Crippen LogP contribution in [-0.4, -0.2) is 25.1 Å². The lowest BCUT2D eigenvalue weighted by Crippen LogP contribution is -2.12. The molecule has 0 aliphatic carbocycles. The first-order chi connectivity index (χ1) is 13.3. The number of carbonyl (C=O) groups is 1. The molecule has 0 aliphatic rings. The van der Waals surface area contributed by atoms with Crippen LogP contribution in [-0.2, 0) is 6.18 Å². The summed E-state index contributed by atoms with van der Waals surface area (Å²) in [5.41, 5.74) is 0.547. The van der Waals surface area contributed by atoms with Crippen molar-refractivity contribution in [3.05, 3.63) is 59.0 Å². The number of anilines is 1. The third-order valence-corrected chi connectivity index (χ3v) is 4.64. The predicted octanol–water partition coefficient (Wildman–Crippen LogP) is 5.10. The van der Waals surface area contributed by atoms with Gasteiger partial charge in [-0.25, -0.2) is 4.98 Å². The zero-order valence-electron chi connectivity index (χ0n) is 14.8. The van der Waals surface area contributed by atoms with Gasteiger partial charge in [-0.15, -0.1) is 11.3 Å². The number of ether oxygens (including phenoxy) is 2. The van der Waals surface area contributed by atoms with E-state index < -0.39 is 17.6 Å². The maximum Gasteiger partial charge on any atom is 0.416 e. The minimum atomic E-state index is -4.45. The normalized spacial score (nSPS) is 11.2. The number of aromatic nitrogens is 1. The topological polar surface area (TPSA) is 60.5 Å². The highest BCUT2D eigenvalue weighted by Crippen LogP contribution is 2.35. The van der Waals surface area contributed by atoms with Crippen LogP contribution in [0.5, 0.6) is 11.5 Å². The molecule has 3 aromatic rings. The van der Waals surface area contributed by atoms with Gasteiger partial charge in [0.15, 0.2) is 5.13 Å². The van der Waals surface area contributed by atoms with Crippen molar-refractivity contribution >= 4 is 22.4 Å². The Morgan fingerprint density at radius 1 is 1.07 bits per heavy atom. The SMILES string of the molecule is COc1ccc(OC)c(-c2csc(NC(=O)c3ccc(C(F)(F)F)cc3)n2)c1. The van der Waals surface area contributed by atoms with Gasteiger partial charge in [0.1, 0.15) is 11.5 Å². The van der Waals surface area contributed by atoms with Crippen LogP contribution >= 0.6 is 11.3 Å². The lowest BCUT2D eigenvalue weighted by atomic mass is 10.1. The third kappa shape index (κ3) is 4.25. The molecule has 1 amide bonds. The Bertz CT molecular complexity index is 985. The zero-order valence-corrected chi connectivity index (χ0v) is 15.6. The molecule has 146 valence electrons. The van der Waals surface area contributed by atoms with Gasteiger partial charge >= 0.3 is 6.18 Å². The number of methoxy groups -OCH3 is 2. The highest BCUT2D eigenvalue weighted by Gasteiger charge is 2.30. The highest BCUT2D eigenvalue weighted by molar-refractivity contribution is 7.14. The molecule has 5 nitrogen and oxygen atoms in total. The first-order valence-electron chi connectivity index (χ1n) is 7.98. The maximum atomic E-state index is 12.6. The van der Waals surface area contributed by atoms with Gasteiger partial charge in [0.05, 0.1) is 25.5 Å². The molecule has 3 rings (SSSR count). The quantitative estimate of drug-likeness (QED) is 0.638. The fourth-order valence-electron chi connectivity index (χ4n) is 2.45. The second-order valence-electron chi connectivity index (χ2n) is 5.63. The molecule has 0 saturated heterocycles. The van der Waals surface area contributed by atoms with Gasteiger partial charge in [0.2, 0.25) is 0 Å². The Morgan fingerprint density at radius 2 is 1.79 bits per heavy atom. The van der Waals surface area contributed by atoms with Gasteiger partial charge in [-0.05, 0) is 42.5 Å². The number of benzene rings is 2. The summed E-state index contributed by atoms with van der Waals surface area (Å²) >= 11 is 1.19. The summed E-state index contributed by atoms with van der Waals surface area (Å²) < 4.78 is 48.4. The molecule has 0 fully saturated rings. The van der Waals surface area contributed by atoms with Crippen LogP contribution < -0.4 is 14.8 Å². The lowest BCUT2D eigenvalue weighted by molar-refractivity contribution is -0.137. The Kier molecular flexibility index (Phi) is 5.55. The molecule has 0 bridgehead atoms. The van der Waals surface area contributed by atoms with Crippen LogP contribution in [0.4, 0.5) is 18.3 Å². The lowest BCUT2D eigenvalue weighted by Gasteiger charge is -2.08. The minimum Gasteiger partial charge on any atom is -0.497 e. The van der Waals surface area contributed by atoms with E-state index in [9.17, 15) is 18.0 Å². The minimum absolute atomic E-state index is 0.101. The molecule has 1 aromatic heterocycles. The standard InChI is InChI=1S/C19H15F3N2O3S/c1-26-13-7-8-16(27-2)14(9-13)15-10-28-18(23-15)24-17(25)11-3-5-12(6-4-11)19(20,21)22/h3-10H,1-2H3,(H,23,24,25). The van der Waals surface area contributed by atoms with Crippen LogP contribution in [0.15, 0.2) is 47.8 Å². The van der Waals surface area contributed by atoms with E-state index >= 15 is 0 Å². The highest BCUT2D eigenvalue weighted by atomic mass is 32.1. The summed E-state index contributed by atoms with van der Waals surface area (Å²) in [6.45, 7) is 0. The molecule has 1 heterocycles. The number of carbonyl (C=O) groups excluding carboxylic acids is 1. The number of hydrogen-bond acceptors (Lipinski definition) is 5. The number of hydrogen-bond donors (Lipinski definition) is 1. The molecule has 9 heteroatoms. The number of rotatable bonds is 5. The maximum absolute atomic E-state index is 12.6. The molecule has 2 aromatic carbocycles. The number of nitrogens with one attached hydrogen (secondary N) is 1. The zero-order chi connectivity index (χ0) is 20.3. The van der Waals surface area contributed by atoms with E-state index in [1.54, 1.807) is 30.7 Å². The smallest absolute Gasteiger partial charge is 0.416 e. The number of nitrogens with zero attached hydrogens (tertiary/aromatic N) is 1. The molecular weight excluding hydrogens is 393 g/mol. The molecule has 28 heavy (non-hydrogen) atoms. The fourth-order valence-corrected chi connectivity index (χ4v) is 3.15. The molecule has 0 saturated carbocycles. The van der Waals surface area contributed by atoms with E-state index in [1.807, 2.05) is 0 Å². The number of alkyl halides is 3. The van der Waals surface area contributed by atoms with Crippen molar-refractivity contribution in [2.75, 3.05) is 19.5 Å². The molecule has 1 N–H and O–H groups in total. The van der Waals surface area contributed by atoms with Gasteiger partial charge in [0.25, 0.3) is 5.91 Å². The van der Waals surface area contributed by atoms with Crippen LogP contribution in [0.25, 0.3) is 11.3 Å². The average Bonchev–Trinajstić information content (AvgIpc) is 3.15. The summed E-state index contributed by atoms with van der Waals surface area (Å²) in [4.78, 5) is 16.6. The van der Waals surface area contributed by atoms with E-state index in [2.05, 4.69) is 10.3 Å². The van der Waals surface area contributed by atoms with Crippen molar-refractivity contribution in [2.45, 2.75) is 6.18 Å². The van der Waals surface area contributed by atoms with Crippen molar-refractivity contribution < 1.29 is 27.4 Å². The second-order valence-corrected chi connectivity index (χ2v) is 6.49. The fraction of sp³-hybridized carbons (Fsp3) is 0.158. The number of thiazole rings is 1. The Hall–Kier alpha value is -3.07. The third-order valence-electron chi connectivity index (χ3n) is 3.88. The largest absolute Gasteiger partial charge is 0.497 e. The van der Waals surface area contributed by atoms with Crippen molar-refractivity contribution in [2.24, 2.45) is 0 Å². The summed E-state index contributed by atoms with van der Waals surface area (Å²) in [5, 5.41) is 4.63. The van der Waals surface area contributed by atoms with Crippen molar-refractivity contribution in [3.63, 3.8) is 0 Å². The second kappa shape index (κ2) is 7.89. The summed E-state index contributed by atoms with van der Waals surface area (Å²) in [7, 11) is 3.08. The van der Waals surface area contributed by atoms with Crippen LogP contribution in [0.1, 0.15) is 15.9 Å². The van der Waals surface area contributed by atoms with E-state index in [0.29, 0.717) is 27.9 Å². The molecule has 0 radical (unpaired) electrons. The molecule has 0 unspecified atom stereocenters. The van der Waals surface area contributed by atoms with E-state index in [1.165, 1.54) is 18.4 Å². The molecule has 0 aliphatic heterocycles. The summed E-state index contributed by atoms with van der Waals surface area (Å²) in [5.74, 6) is 0.665. The van der Waals surface area contributed by atoms with Gasteiger partial charge in [-0.2, -0.15) is 13.2 Å². The number of halogens is 3. The van der Waals surface area contributed by atoms with Gasteiger partial charge < -0.3 is 9.47 Å².